The molecule has 94 valence electrons. The Morgan fingerprint density at radius 1 is 1.28 bits per heavy atom. The quantitative estimate of drug-likeness (QED) is 0.657. The number of hydrogen-bond donors (Lipinski definition) is 2. The van der Waals surface area contributed by atoms with Crippen LogP contribution < -0.4 is 11.3 Å². The van der Waals surface area contributed by atoms with Crippen LogP contribution in [0.25, 0.3) is 0 Å². The maximum atomic E-state index is 6.15. The molecular formula is C14H16ClN3. The molecule has 0 aliphatic rings. The Kier molecular flexibility index (Phi) is 4.31. The van der Waals surface area contributed by atoms with Crippen molar-refractivity contribution in [3.63, 3.8) is 0 Å². The first-order valence-electron chi connectivity index (χ1n) is 5.83. The van der Waals surface area contributed by atoms with Crippen LogP contribution in [-0.2, 0) is 6.42 Å². The average molecular weight is 262 g/mol. The summed E-state index contributed by atoms with van der Waals surface area (Å²) in [4.78, 5) is 4.30. The Morgan fingerprint density at radius 3 is 2.72 bits per heavy atom. The Hall–Kier alpha value is -1.42. The number of nitrogens with one attached hydrogen (secondary N) is 1. The van der Waals surface area contributed by atoms with Gasteiger partial charge in [0.25, 0.3) is 0 Å². The van der Waals surface area contributed by atoms with Gasteiger partial charge in [0.05, 0.1) is 16.8 Å². The number of pyridine rings is 1. The van der Waals surface area contributed by atoms with Gasteiger partial charge in [-0.1, -0.05) is 35.9 Å². The highest BCUT2D eigenvalue weighted by Crippen LogP contribution is 2.23. The third-order valence-electron chi connectivity index (χ3n) is 3.00. The van der Waals surface area contributed by atoms with E-state index in [1.54, 1.807) is 6.20 Å². The molecule has 1 atom stereocenters. The molecule has 0 saturated heterocycles. The molecule has 1 unspecified atom stereocenters. The molecule has 2 aromatic rings. The van der Waals surface area contributed by atoms with Crippen LogP contribution in [0, 0.1) is 6.92 Å². The summed E-state index contributed by atoms with van der Waals surface area (Å²) >= 11 is 6.15. The minimum Gasteiger partial charge on any atom is -0.271 e. The standard InChI is InChI=1S/C14H16ClN3/c1-10-5-2-3-6-11(10)9-13(18-16)14-12(15)7-4-8-17-14/h2-8,13,18H,9,16H2,1H3. The summed E-state index contributed by atoms with van der Waals surface area (Å²) < 4.78 is 0. The molecule has 3 N–H and O–H groups in total. The second-order valence-electron chi connectivity index (χ2n) is 4.22. The Balaban J connectivity index is 2.26. The maximum Gasteiger partial charge on any atom is 0.0775 e. The zero-order valence-corrected chi connectivity index (χ0v) is 11.0. The van der Waals surface area contributed by atoms with Crippen LogP contribution >= 0.6 is 11.6 Å². The van der Waals surface area contributed by atoms with E-state index in [4.69, 9.17) is 17.4 Å². The number of rotatable bonds is 4. The molecule has 0 spiro atoms. The molecule has 0 aliphatic heterocycles. The van der Waals surface area contributed by atoms with Gasteiger partial charge in [-0.05, 0) is 36.6 Å². The number of hydrogen-bond acceptors (Lipinski definition) is 3. The molecule has 0 fully saturated rings. The zero-order chi connectivity index (χ0) is 13.0. The summed E-state index contributed by atoms with van der Waals surface area (Å²) in [5.41, 5.74) is 6.05. The predicted molar refractivity (Wildman–Crippen MR) is 74.2 cm³/mol. The first-order valence-corrected chi connectivity index (χ1v) is 6.21. The Bertz CT molecular complexity index is 528. The van der Waals surface area contributed by atoms with Crippen molar-refractivity contribution in [1.82, 2.24) is 10.4 Å². The topological polar surface area (TPSA) is 50.9 Å². The van der Waals surface area contributed by atoms with Gasteiger partial charge in [-0.25, -0.2) is 0 Å². The molecule has 2 rings (SSSR count). The maximum absolute atomic E-state index is 6.15. The lowest BCUT2D eigenvalue weighted by Crippen LogP contribution is -2.30. The molecule has 1 aromatic carbocycles. The van der Waals surface area contributed by atoms with Gasteiger partial charge < -0.3 is 0 Å². The van der Waals surface area contributed by atoms with Crippen LogP contribution in [0.5, 0.6) is 0 Å². The van der Waals surface area contributed by atoms with Crippen molar-refractivity contribution in [2.24, 2.45) is 5.84 Å². The average Bonchev–Trinajstić information content (AvgIpc) is 2.39. The van der Waals surface area contributed by atoms with Crippen molar-refractivity contribution in [2.75, 3.05) is 0 Å². The number of aryl methyl sites for hydroxylation is 1. The Labute approximate surface area is 112 Å². The van der Waals surface area contributed by atoms with Crippen molar-refractivity contribution in [1.29, 1.82) is 0 Å². The van der Waals surface area contributed by atoms with Crippen LogP contribution in [0.4, 0.5) is 0 Å². The SMILES string of the molecule is Cc1ccccc1CC(NN)c1ncccc1Cl. The first kappa shape index (κ1) is 13.0. The summed E-state index contributed by atoms with van der Waals surface area (Å²) in [5.74, 6) is 5.62. The van der Waals surface area contributed by atoms with Crippen molar-refractivity contribution >= 4 is 11.6 Å². The minimum absolute atomic E-state index is 0.0835. The number of benzene rings is 1. The second kappa shape index (κ2) is 5.96. The molecule has 3 nitrogen and oxygen atoms in total. The third kappa shape index (κ3) is 2.88. The van der Waals surface area contributed by atoms with E-state index in [2.05, 4.69) is 29.5 Å². The number of nitrogens with zero attached hydrogens (tertiary/aromatic N) is 1. The molecule has 0 aliphatic carbocycles. The van der Waals surface area contributed by atoms with E-state index in [1.807, 2.05) is 24.3 Å². The second-order valence-corrected chi connectivity index (χ2v) is 4.63. The van der Waals surface area contributed by atoms with Crippen LogP contribution in [0.2, 0.25) is 5.02 Å². The van der Waals surface area contributed by atoms with Crippen molar-refractivity contribution in [2.45, 2.75) is 19.4 Å². The van der Waals surface area contributed by atoms with Gasteiger partial charge in [0.15, 0.2) is 0 Å². The van der Waals surface area contributed by atoms with E-state index in [0.717, 1.165) is 12.1 Å². The fourth-order valence-corrected chi connectivity index (χ4v) is 2.20. The summed E-state index contributed by atoms with van der Waals surface area (Å²) in [6, 6.07) is 11.8. The Morgan fingerprint density at radius 2 is 2.06 bits per heavy atom. The summed E-state index contributed by atoms with van der Waals surface area (Å²) in [5, 5.41) is 0.633. The van der Waals surface area contributed by atoms with Gasteiger partial charge in [0.2, 0.25) is 0 Å². The van der Waals surface area contributed by atoms with Crippen LogP contribution in [-0.4, -0.2) is 4.98 Å². The highest BCUT2D eigenvalue weighted by molar-refractivity contribution is 6.31. The monoisotopic (exact) mass is 261 g/mol. The number of aromatic nitrogens is 1. The van der Waals surface area contributed by atoms with Crippen LogP contribution in [0.1, 0.15) is 22.9 Å². The van der Waals surface area contributed by atoms with E-state index in [0.29, 0.717) is 5.02 Å². The summed E-state index contributed by atoms with van der Waals surface area (Å²) in [6.45, 7) is 2.09. The smallest absolute Gasteiger partial charge is 0.0775 e. The fraction of sp³-hybridized carbons (Fsp3) is 0.214. The lowest BCUT2D eigenvalue weighted by Gasteiger charge is -2.17. The molecule has 18 heavy (non-hydrogen) atoms. The molecule has 4 heteroatoms. The highest BCUT2D eigenvalue weighted by Gasteiger charge is 2.15. The van der Waals surface area contributed by atoms with E-state index in [9.17, 15) is 0 Å². The van der Waals surface area contributed by atoms with Crippen molar-refractivity contribution in [3.05, 3.63) is 64.4 Å². The highest BCUT2D eigenvalue weighted by atomic mass is 35.5. The first-order chi connectivity index (χ1) is 8.72. The van der Waals surface area contributed by atoms with Gasteiger partial charge in [-0.3, -0.25) is 16.3 Å². The van der Waals surface area contributed by atoms with E-state index >= 15 is 0 Å². The molecule has 0 amide bonds. The van der Waals surface area contributed by atoms with E-state index < -0.39 is 0 Å². The lowest BCUT2D eigenvalue weighted by molar-refractivity contribution is 0.537. The van der Waals surface area contributed by atoms with Gasteiger partial charge in [0.1, 0.15) is 0 Å². The fourth-order valence-electron chi connectivity index (χ4n) is 1.95. The summed E-state index contributed by atoms with van der Waals surface area (Å²) in [7, 11) is 0. The van der Waals surface area contributed by atoms with Crippen molar-refractivity contribution < 1.29 is 0 Å². The predicted octanol–water partition coefficient (Wildman–Crippen LogP) is 2.79. The van der Waals surface area contributed by atoms with E-state index in [-0.39, 0.29) is 6.04 Å². The number of nitrogens with two attached hydrogens (primary N) is 1. The van der Waals surface area contributed by atoms with E-state index in [1.165, 1.54) is 11.1 Å². The van der Waals surface area contributed by atoms with Gasteiger partial charge in [0, 0.05) is 6.20 Å². The summed E-state index contributed by atoms with van der Waals surface area (Å²) in [6.07, 6.45) is 2.49. The zero-order valence-electron chi connectivity index (χ0n) is 10.2. The largest absolute Gasteiger partial charge is 0.271 e. The molecule has 1 aromatic heterocycles. The number of halogens is 1. The van der Waals surface area contributed by atoms with Crippen molar-refractivity contribution in [3.8, 4) is 0 Å². The molecule has 0 bridgehead atoms. The van der Waals surface area contributed by atoms with Crippen LogP contribution in [0.3, 0.4) is 0 Å². The van der Waals surface area contributed by atoms with Crippen LogP contribution in [0.15, 0.2) is 42.6 Å². The normalized spacial score (nSPS) is 12.4. The van der Waals surface area contributed by atoms with Gasteiger partial charge >= 0.3 is 0 Å². The molecular weight excluding hydrogens is 246 g/mol. The lowest BCUT2D eigenvalue weighted by atomic mass is 9.99. The third-order valence-corrected chi connectivity index (χ3v) is 3.32. The van der Waals surface area contributed by atoms with Gasteiger partial charge in [-0.15, -0.1) is 0 Å². The minimum atomic E-state index is -0.0835. The molecule has 1 heterocycles. The van der Waals surface area contributed by atoms with Gasteiger partial charge in [-0.2, -0.15) is 0 Å². The molecule has 0 saturated carbocycles. The number of hydrazine groups is 1. The molecule has 0 radical (unpaired) electrons.